The normalized spacial score (nSPS) is 11.6. The first kappa shape index (κ1) is 14.0. The minimum absolute atomic E-state index is 0.0450. The molecular weight excluding hydrogens is 294 g/mol. The smallest absolute Gasteiger partial charge is 0.207 e. The highest BCUT2D eigenvalue weighted by atomic mass is 35.7. The maximum Gasteiger partial charge on any atom is 0.261 e. The van der Waals surface area contributed by atoms with Crippen LogP contribution in [0.3, 0.4) is 0 Å². The fraction of sp³-hybridized carbons (Fsp3) is 0.0769. The van der Waals surface area contributed by atoms with Crippen LogP contribution in [0.15, 0.2) is 41.3 Å². The van der Waals surface area contributed by atoms with E-state index in [0.29, 0.717) is 16.7 Å². The zero-order valence-electron chi connectivity index (χ0n) is 9.82. The predicted octanol–water partition coefficient (Wildman–Crippen LogP) is 3.87. The Bertz CT molecular complexity index is 742. The molecule has 19 heavy (non-hydrogen) atoms. The highest BCUT2D eigenvalue weighted by molar-refractivity contribution is 8.13. The van der Waals surface area contributed by atoms with Crippen LogP contribution in [0, 0.1) is 18.6 Å². The quantitative estimate of drug-likeness (QED) is 0.789. The van der Waals surface area contributed by atoms with E-state index in [1.165, 1.54) is 12.1 Å². The topological polar surface area (TPSA) is 34.1 Å². The summed E-state index contributed by atoms with van der Waals surface area (Å²) in [5.74, 6) is -1.95. The van der Waals surface area contributed by atoms with Crippen molar-refractivity contribution in [2.45, 2.75) is 11.8 Å². The van der Waals surface area contributed by atoms with Crippen LogP contribution in [0.5, 0.6) is 0 Å². The largest absolute Gasteiger partial charge is 0.261 e. The van der Waals surface area contributed by atoms with Crippen molar-refractivity contribution in [3.05, 3.63) is 53.6 Å². The summed E-state index contributed by atoms with van der Waals surface area (Å²) >= 11 is 0. The first-order chi connectivity index (χ1) is 8.79. The van der Waals surface area contributed by atoms with Crippen molar-refractivity contribution in [3.8, 4) is 11.1 Å². The molecule has 0 atom stereocenters. The molecule has 0 aromatic heterocycles. The second-order valence-electron chi connectivity index (χ2n) is 4.05. The van der Waals surface area contributed by atoms with E-state index in [2.05, 4.69) is 0 Å². The van der Waals surface area contributed by atoms with Crippen molar-refractivity contribution in [1.82, 2.24) is 0 Å². The molecule has 0 saturated heterocycles. The van der Waals surface area contributed by atoms with Gasteiger partial charge in [0.25, 0.3) is 9.05 Å². The standard InChI is InChI=1S/C13H9ClF2O2S/c1-8-2-3-10(7-13(8)19(14,17)18)9-4-5-11(15)12(16)6-9/h2-7H,1H3. The second kappa shape index (κ2) is 4.90. The molecule has 0 aliphatic heterocycles. The van der Waals surface area contributed by atoms with Gasteiger partial charge in [0.15, 0.2) is 11.6 Å². The van der Waals surface area contributed by atoms with Crippen LogP contribution in [-0.2, 0) is 9.05 Å². The fourth-order valence-electron chi connectivity index (χ4n) is 1.72. The third-order valence-corrected chi connectivity index (χ3v) is 4.17. The Labute approximate surface area is 114 Å². The van der Waals surface area contributed by atoms with E-state index < -0.39 is 20.7 Å². The fourth-order valence-corrected chi connectivity index (χ4v) is 2.94. The number of halogens is 3. The molecule has 2 rings (SSSR count). The average Bonchev–Trinajstić information content (AvgIpc) is 2.32. The molecular formula is C13H9ClF2O2S. The Hall–Kier alpha value is -1.46. The summed E-state index contributed by atoms with van der Waals surface area (Å²) in [4.78, 5) is -0.0450. The van der Waals surface area contributed by atoms with Gasteiger partial charge in [0, 0.05) is 10.7 Å². The molecule has 6 heteroatoms. The molecule has 100 valence electrons. The van der Waals surface area contributed by atoms with Crippen molar-refractivity contribution in [2.75, 3.05) is 0 Å². The predicted molar refractivity (Wildman–Crippen MR) is 69.6 cm³/mol. The summed E-state index contributed by atoms with van der Waals surface area (Å²) in [6.07, 6.45) is 0. The minimum atomic E-state index is -3.88. The van der Waals surface area contributed by atoms with Gasteiger partial charge in [-0.1, -0.05) is 18.2 Å². The van der Waals surface area contributed by atoms with Crippen LogP contribution in [-0.4, -0.2) is 8.42 Å². The first-order valence-electron chi connectivity index (χ1n) is 5.30. The number of aryl methyl sites for hydroxylation is 1. The van der Waals surface area contributed by atoms with Gasteiger partial charge in [-0.05, 0) is 41.8 Å². The molecule has 0 aliphatic rings. The molecule has 2 nitrogen and oxygen atoms in total. The SMILES string of the molecule is Cc1ccc(-c2ccc(F)c(F)c2)cc1S(=O)(=O)Cl. The molecule has 0 heterocycles. The van der Waals surface area contributed by atoms with Crippen molar-refractivity contribution in [2.24, 2.45) is 0 Å². The van der Waals surface area contributed by atoms with E-state index in [-0.39, 0.29) is 4.90 Å². The molecule has 0 spiro atoms. The lowest BCUT2D eigenvalue weighted by Crippen LogP contribution is -1.95. The van der Waals surface area contributed by atoms with Crippen LogP contribution in [0.1, 0.15) is 5.56 Å². The van der Waals surface area contributed by atoms with Gasteiger partial charge in [-0.2, -0.15) is 0 Å². The van der Waals surface area contributed by atoms with Gasteiger partial charge >= 0.3 is 0 Å². The van der Waals surface area contributed by atoms with Gasteiger partial charge in [-0.15, -0.1) is 0 Å². The molecule has 2 aromatic carbocycles. The molecule has 0 unspecified atom stereocenters. The van der Waals surface area contributed by atoms with Gasteiger partial charge < -0.3 is 0 Å². The summed E-state index contributed by atoms with van der Waals surface area (Å²) in [5, 5.41) is 0. The van der Waals surface area contributed by atoms with E-state index in [1.54, 1.807) is 19.1 Å². The monoisotopic (exact) mass is 302 g/mol. The third-order valence-electron chi connectivity index (χ3n) is 2.70. The van der Waals surface area contributed by atoms with E-state index in [0.717, 1.165) is 12.1 Å². The van der Waals surface area contributed by atoms with Crippen LogP contribution < -0.4 is 0 Å². The zero-order valence-corrected chi connectivity index (χ0v) is 11.4. The van der Waals surface area contributed by atoms with Crippen LogP contribution in [0.2, 0.25) is 0 Å². The van der Waals surface area contributed by atoms with E-state index in [1.807, 2.05) is 0 Å². The van der Waals surface area contributed by atoms with Crippen LogP contribution in [0.4, 0.5) is 8.78 Å². The molecule has 0 saturated carbocycles. The molecule has 2 aromatic rings. The van der Waals surface area contributed by atoms with Crippen molar-refractivity contribution >= 4 is 19.7 Å². The van der Waals surface area contributed by atoms with E-state index in [4.69, 9.17) is 10.7 Å². The number of hydrogen-bond donors (Lipinski definition) is 0. The zero-order chi connectivity index (χ0) is 14.2. The van der Waals surface area contributed by atoms with E-state index in [9.17, 15) is 17.2 Å². The Morgan fingerprint density at radius 2 is 1.53 bits per heavy atom. The number of rotatable bonds is 2. The van der Waals surface area contributed by atoms with Crippen LogP contribution in [0.25, 0.3) is 11.1 Å². The minimum Gasteiger partial charge on any atom is -0.207 e. The van der Waals surface area contributed by atoms with Gasteiger partial charge in [0.05, 0.1) is 4.90 Å². The van der Waals surface area contributed by atoms with Gasteiger partial charge in [0.2, 0.25) is 0 Å². The maximum absolute atomic E-state index is 13.2. The Morgan fingerprint density at radius 1 is 0.947 bits per heavy atom. The molecule has 0 aliphatic carbocycles. The Kier molecular flexibility index (Phi) is 3.60. The summed E-state index contributed by atoms with van der Waals surface area (Å²) in [6, 6.07) is 7.88. The summed E-state index contributed by atoms with van der Waals surface area (Å²) < 4.78 is 48.8. The average molecular weight is 303 g/mol. The summed E-state index contributed by atoms with van der Waals surface area (Å²) in [6.45, 7) is 1.60. The highest BCUT2D eigenvalue weighted by Gasteiger charge is 2.15. The molecule has 0 N–H and O–H groups in total. The lowest BCUT2D eigenvalue weighted by Gasteiger charge is -2.07. The Balaban J connectivity index is 2.61. The molecule has 0 radical (unpaired) electrons. The molecule has 0 fully saturated rings. The van der Waals surface area contributed by atoms with Crippen molar-refractivity contribution in [1.29, 1.82) is 0 Å². The highest BCUT2D eigenvalue weighted by Crippen LogP contribution is 2.27. The summed E-state index contributed by atoms with van der Waals surface area (Å²) in [7, 11) is 1.44. The second-order valence-corrected chi connectivity index (χ2v) is 6.58. The lowest BCUT2D eigenvalue weighted by molar-refractivity contribution is 0.509. The summed E-state index contributed by atoms with van der Waals surface area (Å²) in [5.41, 5.74) is 1.31. The molecule has 0 bridgehead atoms. The Morgan fingerprint density at radius 3 is 2.11 bits per heavy atom. The van der Waals surface area contributed by atoms with E-state index >= 15 is 0 Å². The third kappa shape index (κ3) is 2.93. The lowest BCUT2D eigenvalue weighted by atomic mass is 10.0. The van der Waals surface area contributed by atoms with Crippen molar-refractivity contribution in [3.63, 3.8) is 0 Å². The number of hydrogen-bond acceptors (Lipinski definition) is 2. The van der Waals surface area contributed by atoms with Crippen LogP contribution >= 0.6 is 10.7 Å². The van der Waals surface area contributed by atoms with Crippen molar-refractivity contribution < 1.29 is 17.2 Å². The first-order valence-corrected chi connectivity index (χ1v) is 7.61. The maximum atomic E-state index is 13.2. The van der Waals surface area contributed by atoms with Gasteiger partial charge in [-0.3, -0.25) is 0 Å². The molecule has 0 amide bonds. The number of benzene rings is 2. The van der Waals surface area contributed by atoms with Gasteiger partial charge in [0.1, 0.15) is 0 Å². The van der Waals surface area contributed by atoms with Gasteiger partial charge in [-0.25, -0.2) is 17.2 Å².